The molecule has 0 N–H and O–H groups in total. The maximum absolute atomic E-state index is 12.2. The smallest absolute Gasteiger partial charge is 0.357 e. The summed E-state index contributed by atoms with van der Waals surface area (Å²) in [5.74, 6) is 0.420. The van der Waals surface area contributed by atoms with Crippen LogP contribution in [0.25, 0.3) is 0 Å². The van der Waals surface area contributed by atoms with Crippen LogP contribution in [0.15, 0.2) is 29.1 Å². The summed E-state index contributed by atoms with van der Waals surface area (Å²) in [6, 6.07) is 8.39. The highest BCUT2D eigenvalue weighted by atomic mass is 35.7. The molecule has 0 bridgehead atoms. The Kier molecular flexibility index (Phi) is 3.92. The molecule has 0 atom stereocenters. The highest BCUT2D eigenvalue weighted by Crippen LogP contribution is 2.37. The van der Waals surface area contributed by atoms with E-state index in [9.17, 15) is 9.59 Å². The molecule has 7 nitrogen and oxygen atoms in total. The lowest BCUT2D eigenvalue weighted by atomic mass is 10.2. The van der Waals surface area contributed by atoms with E-state index < -0.39 is 10.9 Å². The fourth-order valence-corrected chi connectivity index (χ4v) is 2.31. The average Bonchev–Trinajstić information content (AvgIpc) is 3.32. The van der Waals surface area contributed by atoms with Gasteiger partial charge in [-0.3, -0.25) is 4.79 Å². The molecule has 3 rings (SSSR count). The fourth-order valence-electron chi connectivity index (χ4n) is 1.93. The molecule has 0 radical (unpaired) electrons. The molecule has 1 aromatic heterocycles. The van der Waals surface area contributed by atoms with Crippen molar-refractivity contribution in [1.82, 2.24) is 14.3 Å². The molecular formula is C13H9ClN4O3S. The van der Waals surface area contributed by atoms with E-state index in [0.29, 0.717) is 27.0 Å². The number of carbonyl (C=O) groups excluding carboxylic acids is 1. The zero-order chi connectivity index (χ0) is 15.7. The van der Waals surface area contributed by atoms with Gasteiger partial charge in [0.25, 0.3) is 0 Å². The van der Waals surface area contributed by atoms with Gasteiger partial charge in [-0.15, -0.1) is 9.78 Å². The molecule has 1 aromatic carbocycles. The van der Waals surface area contributed by atoms with Crippen LogP contribution in [0.5, 0.6) is 11.8 Å². The van der Waals surface area contributed by atoms with Crippen molar-refractivity contribution >= 4 is 26.9 Å². The van der Waals surface area contributed by atoms with Crippen LogP contribution in [0.3, 0.4) is 0 Å². The van der Waals surface area contributed by atoms with Crippen LogP contribution in [-0.2, 0) is 0 Å². The van der Waals surface area contributed by atoms with Gasteiger partial charge in [-0.2, -0.15) is 5.26 Å². The highest BCUT2D eigenvalue weighted by molar-refractivity contribution is 8.32. The summed E-state index contributed by atoms with van der Waals surface area (Å²) >= 11 is 0. The van der Waals surface area contributed by atoms with Crippen molar-refractivity contribution in [3.05, 3.63) is 40.3 Å². The Bertz CT molecular complexity index is 817. The standard InChI is InChI=1S/C13H9ClN4O3S/c14-22-13(20)18-12(19)17(9-3-4-9)11(16-18)21-10-5-1-8(7-15)2-6-10/h1-2,5-6,9H,3-4H2. The molecule has 1 aliphatic carbocycles. The molecule has 1 saturated carbocycles. The maximum atomic E-state index is 12.2. The molecule has 9 heteroatoms. The minimum absolute atomic E-state index is 0.0113. The Morgan fingerprint density at radius 2 is 2.09 bits per heavy atom. The first kappa shape index (κ1) is 14.7. The Hall–Kier alpha value is -2.24. The van der Waals surface area contributed by atoms with Gasteiger partial charge in [-0.1, -0.05) is 0 Å². The predicted octanol–water partition coefficient (Wildman–Crippen LogP) is 2.90. The molecule has 2 aromatic rings. The van der Waals surface area contributed by atoms with Crippen molar-refractivity contribution in [2.24, 2.45) is 0 Å². The number of carbonyl (C=O) groups is 1. The molecule has 112 valence electrons. The second-order valence-corrected chi connectivity index (χ2v) is 5.63. The molecule has 0 spiro atoms. The normalized spacial score (nSPS) is 13.6. The van der Waals surface area contributed by atoms with Crippen molar-refractivity contribution in [1.29, 1.82) is 5.26 Å². The van der Waals surface area contributed by atoms with Gasteiger partial charge in [0.2, 0.25) is 0 Å². The van der Waals surface area contributed by atoms with Crippen molar-refractivity contribution in [3.63, 3.8) is 0 Å². The largest absolute Gasteiger partial charge is 0.424 e. The van der Waals surface area contributed by atoms with Gasteiger partial charge in [-0.05, 0) is 47.8 Å². The molecule has 1 heterocycles. The van der Waals surface area contributed by atoms with Crippen LogP contribution in [0.2, 0.25) is 0 Å². The minimum atomic E-state index is -0.684. The van der Waals surface area contributed by atoms with E-state index in [4.69, 9.17) is 20.7 Å². The first-order chi connectivity index (χ1) is 10.6. The lowest BCUT2D eigenvalue weighted by molar-refractivity contribution is 0.258. The molecule has 22 heavy (non-hydrogen) atoms. The monoisotopic (exact) mass is 336 g/mol. The van der Waals surface area contributed by atoms with Gasteiger partial charge >= 0.3 is 16.9 Å². The summed E-state index contributed by atoms with van der Waals surface area (Å²) in [4.78, 5) is 23.8. The first-order valence-electron chi connectivity index (χ1n) is 6.36. The Morgan fingerprint density at radius 1 is 1.41 bits per heavy atom. The number of nitrogens with zero attached hydrogens (tertiary/aromatic N) is 4. The zero-order valence-electron chi connectivity index (χ0n) is 11.1. The molecule has 0 aliphatic heterocycles. The van der Waals surface area contributed by atoms with Gasteiger partial charge in [0, 0.05) is 17.0 Å². The van der Waals surface area contributed by atoms with Gasteiger partial charge < -0.3 is 4.74 Å². The van der Waals surface area contributed by atoms with Crippen molar-refractivity contribution in [2.75, 3.05) is 0 Å². The van der Waals surface area contributed by atoms with Gasteiger partial charge in [0.1, 0.15) is 5.75 Å². The van der Waals surface area contributed by atoms with E-state index in [1.807, 2.05) is 6.07 Å². The number of hydrogen-bond acceptors (Lipinski definition) is 6. The third-order valence-electron chi connectivity index (χ3n) is 3.12. The van der Waals surface area contributed by atoms with E-state index in [-0.39, 0.29) is 12.1 Å². The molecule has 0 unspecified atom stereocenters. The molecule has 0 amide bonds. The van der Waals surface area contributed by atoms with Crippen molar-refractivity contribution in [3.8, 4) is 17.8 Å². The fraction of sp³-hybridized carbons (Fsp3) is 0.231. The summed E-state index contributed by atoms with van der Waals surface area (Å²) in [6.07, 6.45) is 1.66. The Labute approximate surface area is 133 Å². The second kappa shape index (κ2) is 5.87. The number of nitriles is 1. The molecule has 0 saturated heterocycles. The average molecular weight is 337 g/mol. The summed E-state index contributed by atoms with van der Waals surface area (Å²) < 4.78 is 7.62. The van der Waals surface area contributed by atoms with E-state index in [2.05, 4.69) is 5.10 Å². The first-order valence-corrected chi connectivity index (χ1v) is 8.01. The predicted molar refractivity (Wildman–Crippen MR) is 80.2 cm³/mol. The SMILES string of the molecule is N#Cc1ccc(Oc2nn(C(=O)SCl)c(=O)n2C2CC2)cc1. The lowest BCUT2D eigenvalue weighted by Gasteiger charge is -2.05. The number of aromatic nitrogens is 3. The van der Waals surface area contributed by atoms with Crippen molar-refractivity contribution < 1.29 is 9.53 Å². The third-order valence-corrected chi connectivity index (χ3v) is 3.82. The third kappa shape index (κ3) is 2.73. The molecule has 1 fully saturated rings. The van der Waals surface area contributed by atoms with Crippen LogP contribution in [0, 0.1) is 11.3 Å². The minimum Gasteiger partial charge on any atom is -0.424 e. The Morgan fingerprint density at radius 3 is 2.64 bits per heavy atom. The van der Waals surface area contributed by atoms with Crippen molar-refractivity contribution in [2.45, 2.75) is 18.9 Å². The summed E-state index contributed by atoms with van der Waals surface area (Å²) in [6.45, 7) is 0. The van der Waals surface area contributed by atoms with Crippen LogP contribution in [-0.4, -0.2) is 19.6 Å². The van der Waals surface area contributed by atoms with E-state index in [0.717, 1.165) is 12.8 Å². The van der Waals surface area contributed by atoms with Gasteiger partial charge in [-0.25, -0.2) is 9.36 Å². The lowest BCUT2D eigenvalue weighted by Crippen LogP contribution is -2.27. The summed E-state index contributed by atoms with van der Waals surface area (Å²) in [7, 11) is 5.78. The second-order valence-electron chi connectivity index (χ2n) is 4.66. The molecular weight excluding hydrogens is 328 g/mol. The molecule has 1 aliphatic rings. The zero-order valence-corrected chi connectivity index (χ0v) is 12.7. The van der Waals surface area contributed by atoms with Crippen LogP contribution < -0.4 is 10.4 Å². The quantitative estimate of drug-likeness (QED) is 0.856. The van der Waals surface area contributed by atoms with Crippen LogP contribution >= 0.6 is 21.7 Å². The number of benzene rings is 1. The highest BCUT2D eigenvalue weighted by Gasteiger charge is 2.32. The number of ether oxygens (including phenoxy) is 1. The van der Waals surface area contributed by atoms with E-state index >= 15 is 0 Å². The number of rotatable bonds is 3. The van der Waals surface area contributed by atoms with Crippen LogP contribution in [0.1, 0.15) is 24.4 Å². The topological polar surface area (TPSA) is 89.9 Å². The number of halogens is 1. The summed E-state index contributed by atoms with van der Waals surface area (Å²) in [5.41, 5.74) is -0.0736. The van der Waals surface area contributed by atoms with Crippen LogP contribution in [0.4, 0.5) is 4.79 Å². The maximum Gasteiger partial charge on any atom is 0.357 e. The number of hydrogen-bond donors (Lipinski definition) is 0. The van der Waals surface area contributed by atoms with E-state index in [1.165, 1.54) is 4.57 Å². The Balaban J connectivity index is 1.97. The van der Waals surface area contributed by atoms with Gasteiger partial charge in [0.05, 0.1) is 11.6 Å². The van der Waals surface area contributed by atoms with Gasteiger partial charge in [0.15, 0.2) is 0 Å². The van der Waals surface area contributed by atoms with E-state index in [1.54, 1.807) is 24.3 Å². The summed E-state index contributed by atoms with van der Waals surface area (Å²) in [5, 5.41) is 12.0.